The van der Waals surface area contributed by atoms with Crippen LogP contribution in [0.25, 0.3) is 0 Å². The van der Waals surface area contributed by atoms with Crippen molar-refractivity contribution in [3.63, 3.8) is 0 Å². The van der Waals surface area contributed by atoms with E-state index >= 15 is 0 Å². The molecule has 0 heterocycles. The van der Waals surface area contributed by atoms with Gasteiger partial charge in [-0.2, -0.15) is 0 Å². The van der Waals surface area contributed by atoms with Crippen LogP contribution in [0, 0.1) is 35.0 Å². The lowest BCUT2D eigenvalue weighted by Gasteiger charge is -2.55. The maximum absolute atomic E-state index is 14.9. The van der Waals surface area contributed by atoms with Crippen molar-refractivity contribution < 1.29 is 9.18 Å². The average Bonchev–Trinajstić information content (AvgIpc) is 2.84. The Bertz CT molecular complexity index is 510. The van der Waals surface area contributed by atoms with E-state index in [2.05, 4.69) is 19.9 Å². The number of Topliss-reactive ketones (excluding diaryl/α,β-unsaturated/α-hetero) is 1. The molecular formula is C20H29FO. The molecule has 4 fully saturated rings. The lowest BCUT2D eigenvalue weighted by atomic mass is 9.50. The van der Waals surface area contributed by atoms with Gasteiger partial charge in [0.25, 0.3) is 0 Å². The first-order valence-electron chi connectivity index (χ1n) is 9.36. The molecule has 7 unspecified atom stereocenters. The highest BCUT2D eigenvalue weighted by atomic mass is 19.1. The number of carbonyl (C=O) groups excluding carboxylic acids is 1. The van der Waals surface area contributed by atoms with Crippen LogP contribution in [0.3, 0.4) is 0 Å². The molecule has 1 nitrogen and oxygen atoms in total. The maximum atomic E-state index is 14.9. The molecule has 4 rings (SSSR count). The highest BCUT2D eigenvalue weighted by Crippen LogP contribution is 2.64. The Morgan fingerprint density at radius 1 is 1.09 bits per heavy atom. The lowest BCUT2D eigenvalue weighted by Crippen LogP contribution is -2.51. The summed E-state index contributed by atoms with van der Waals surface area (Å²) in [7, 11) is 0. The number of hydrogen-bond donors (Lipinski definition) is 0. The minimum Gasteiger partial charge on any atom is -0.300 e. The summed E-state index contributed by atoms with van der Waals surface area (Å²) < 4.78 is 14.9. The molecule has 0 aromatic heterocycles. The van der Waals surface area contributed by atoms with Gasteiger partial charge < -0.3 is 0 Å². The Labute approximate surface area is 133 Å². The van der Waals surface area contributed by atoms with E-state index in [0.717, 1.165) is 12.8 Å². The second kappa shape index (κ2) is 5.18. The Morgan fingerprint density at radius 3 is 2.64 bits per heavy atom. The number of rotatable bonds is 0. The fourth-order valence-corrected chi connectivity index (χ4v) is 6.93. The zero-order valence-corrected chi connectivity index (χ0v) is 14.0. The van der Waals surface area contributed by atoms with E-state index in [1.807, 2.05) is 0 Å². The van der Waals surface area contributed by atoms with Gasteiger partial charge in [0.1, 0.15) is 12.0 Å². The number of fused-ring (bicyclic) bond motifs is 5. The second-order valence-electron chi connectivity index (χ2n) is 8.60. The van der Waals surface area contributed by atoms with Crippen molar-refractivity contribution in [3.8, 4) is 0 Å². The van der Waals surface area contributed by atoms with Crippen LogP contribution in [0.2, 0.25) is 0 Å². The van der Waals surface area contributed by atoms with E-state index in [1.165, 1.54) is 25.7 Å². The molecular weight excluding hydrogens is 275 g/mol. The molecule has 0 aliphatic heterocycles. The molecule has 0 saturated heterocycles. The molecule has 0 aromatic carbocycles. The van der Waals surface area contributed by atoms with E-state index in [1.54, 1.807) is 5.57 Å². The van der Waals surface area contributed by atoms with Gasteiger partial charge in [0.05, 0.1) is 0 Å². The van der Waals surface area contributed by atoms with Gasteiger partial charge in [-0.3, -0.25) is 4.79 Å². The first-order chi connectivity index (χ1) is 10.5. The molecule has 4 aliphatic carbocycles. The fraction of sp³-hybridized carbons (Fsp3) is 0.850. The molecule has 0 bridgehead atoms. The molecule has 0 amide bonds. The van der Waals surface area contributed by atoms with Crippen molar-refractivity contribution >= 4 is 5.78 Å². The van der Waals surface area contributed by atoms with Crippen LogP contribution in [-0.4, -0.2) is 12.0 Å². The number of halogens is 1. The number of alkyl halides is 1. The van der Waals surface area contributed by atoms with Crippen LogP contribution in [0.4, 0.5) is 4.39 Å². The van der Waals surface area contributed by atoms with Crippen LogP contribution in [0.1, 0.15) is 65.2 Å². The molecule has 0 spiro atoms. The number of hydrogen-bond acceptors (Lipinski definition) is 1. The van der Waals surface area contributed by atoms with Gasteiger partial charge in [-0.25, -0.2) is 4.39 Å². The highest BCUT2D eigenvalue weighted by molar-refractivity contribution is 5.79. The van der Waals surface area contributed by atoms with Crippen LogP contribution < -0.4 is 0 Å². The summed E-state index contributed by atoms with van der Waals surface area (Å²) in [5, 5.41) is 0. The van der Waals surface area contributed by atoms with E-state index in [4.69, 9.17) is 0 Å². The van der Waals surface area contributed by atoms with E-state index < -0.39 is 6.17 Å². The molecule has 0 N–H and O–H groups in total. The largest absolute Gasteiger partial charge is 0.300 e. The minimum atomic E-state index is -0.729. The number of ketones is 1. The minimum absolute atomic E-state index is 0.0504. The first kappa shape index (κ1) is 14.9. The lowest BCUT2D eigenvalue weighted by molar-refractivity contribution is -0.131. The number of allylic oxidation sites excluding steroid dienone is 2. The van der Waals surface area contributed by atoms with Crippen molar-refractivity contribution in [2.24, 2.45) is 35.0 Å². The van der Waals surface area contributed by atoms with Gasteiger partial charge in [0.15, 0.2) is 0 Å². The monoisotopic (exact) mass is 304 g/mol. The van der Waals surface area contributed by atoms with Gasteiger partial charge in [-0.05, 0) is 74.5 Å². The molecule has 122 valence electrons. The van der Waals surface area contributed by atoms with Gasteiger partial charge in [-0.15, -0.1) is 0 Å². The van der Waals surface area contributed by atoms with Gasteiger partial charge in [-0.1, -0.05) is 18.6 Å². The van der Waals surface area contributed by atoms with Crippen LogP contribution in [-0.2, 0) is 4.79 Å². The Kier molecular flexibility index (Phi) is 3.51. The molecule has 4 saturated carbocycles. The van der Waals surface area contributed by atoms with Crippen molar-refractivity contribution in [1.29, 1.82) is 0 Å². The summed E-state index contributed by atoms with van der Waals surface area (Å²) in [6.07, 6.45) is 9.57. The van der Waals surface area contributed by atoms with Crippen LogP contribution in [0.15, 0.2) is 11.6 Å². The smallest absolute Gasteiger partial charge is 0.133 e. The summed E-state index contributed by atoms with van der Waals surface area (Å²) >= 11 is 0. The average molecular weight is 304 g/mol. The Morgan fingerprint density at radius 2 is 1.86 bits per heavy atom. The third-order valence-electron chi connectivity index (χ3n) is 7.97. The van der Waals surface area contributed by atoms with Crippen molar-refractivity contribution in [2.45, 2.75) is 71.4 Å². The molecule has 7 atom stereocenters. The molecule has 2 heteroatoms. The number of carbonyl (C=O) groups is 1. The Hall–Kier alpha value is -0.660. The van der Waals surface area contributed by atoms with Gasteiger partial charge in [0.2, 0.25) is 0 Å². The van der Waals surface area contributed by atoms with E-state index in [0.29, 0.717) is 47.7 Å². The molecule has 22 heavy (non-hydrogen) atoms. The van der Waals surface area contributed by atoms with E-state index in [-0.39, 0.29) is 5.92 Å². The summed E-state index contributed by atoms with van der Waals surface area (Å²) in [4.78, 5) is 11.8. The second-order valence-corrected chi connectivity index (χ2v) is 8.60. The zero-order valence-electron chi connectivity index (χ0n) is 14.0. The van der Waals surface area contributed by atoms with Gasteiger partial charge in [0, 0.05) is 18.8 Å². The quantitative estimate of drug-likeness (QED) is 0.569. The highest BCUT2D eigenvalue weighted by Gasteiger charge is 2.57. The molecule has 0 radical (unpaired) electrons. The maximum Gasteiger partial charge on any atom is 0.133 e. The predicted octanol–water partition coefficient (Wildman–Crippen LogP) is 5.10. The topological polar surface area (TPSA) is 17.1 Å². The van der Waals surface area contributed by atoms with Crippen LogP contribution >= 0.6 is 0 Å². The first-order valence-corrected chi connectivity index (χ1v) is 9.36. The summed E-state index contributed by atoms with van der Waals surface area (Å²) in [6.45, 7) is 4.62. The normalized spacial score (nSPS) is 53.0. The summed E-state index contributed by atoms with van der Waals surface area (Å²) in [5.41, 5.74) is 1.97. The van der Waals surface area contributed by atoms with E-state index in [9.17, 15) is 9.18 Å². The van der Waals surface area contributed by atoms with Crippen molar-refractivity contribution in [1.82, 2.24) is 0 Å². The van der Waals surface area contributed by atoms with Gasteiger partial charge >= 0.3 is 0 Å². The fourth-order valence-electron chi connectivity index (χ4n) is 6.93. The SMILES string of the molecule is C/C=C1/CCC2C3CC(F)C4CC(=O)CCC4C3CCC12C. The summed E-state index contributed by atoms with van der Waals surface area (Å²) in [5.74, 6) is 2.80. The molecule has 0 aromatic rings. The van der Waals surface area contributed by atoms with Crippen molar-refractivity contribution in [3.05, 3.63) is 11.6 Å². The standard InChI is InChI=1S/C20H29FO/c1-3-12-4-7-18-16-11-19(21)17-10-13(22)5-6-14(17)15(16)8-9-20(12,18)2/h3,14-19H,4-11H2,1-2H3/b12-3-. The zero-order chi connectivity index (χ0) is 15.5. The van der Waals surface area contributed by atoms with Crippen molar-refractivity contribution in [2.75, 3.05) is 0 Å². The predicted molar refractivity (Wildman–Crippen MR) is 86.2 cm³/mol. The third kappa shape index (κ3) is 1.98. The summed E-state index contributed by atoms with van der Waals surface area (Å²) in [6, 6.07) is 0. The molecule has 4 aliphatic rings. The Balaban J connectivity index is 1.63. The van der Waals surface area contributed by atoms with Crippen LogP contribution in [0.5, 0.6) is 0 Å². The third-order valence-corrected chi connectivity index (χ3v) is 7.97.